The maximum atomic E-state index is 12.6. The fourth-order valence-corrected chi connectivity index (χ4v) is 3.54. The van der Waals surface area contributed by atoms with Crippen LogP contribution in [0.25, 0.3) is 0 Å². The molecule has 1 aliphatic carbocycles. The molecule has 2 fully saturated rings. The number of amides is 1. The largest absolute Gasteiger partial charge is 0.506 e. The van der Waals surface area contributed by atoms with Crippen molar-refractivity contribution in [3.8, 4) is 5.75 Å². The van der Waals surface area contributed by atoms with Gasteiger partial charge in [-0.05, 0) is 43.9 Å². The number of carbonyl (C=O) groups is 1. The van der Waals surface area contributed by atoms with Crippen molar-refractivity contribution in [1.29, 1.82) is 0 Å². The van der Waals surface area contributed by atoms with Gasteiger partial charge < -0.3 is 20.6 Å². The zero-order chi connectivity index (χ0) is 21.3. The number of aromatic nitrogens is 2. The molecule has 10 nitrogen and oxygen atoms in total. The monoisotopic (exact) mass is 432 g/mol. The molecule has 2 aliphatic rings. The van der Waals surface area contributed by atoms with E-state index in [1.165, 1.54) is 18.3 Å². The van der Waals surface area contributed by atoms with Crippen LogP contribution in [0, 0.1) is 16.0 Å². The van der Waals surface area contributed by atoms with Crippen molar-refractivity contribution in [2.24, 2.45) is 5.92 Å². The van der Waals surface area contributed by atoms with Crippen LogP contribution in [-0.4, -0.2) is 45.0 Å². The van der Waals surface area contributed by atoms with Crippen molar-refractivity contribution in [1.82, 2.24) is 9.97 Å². The average Bonchev–Trinajstić information content (AvgIpc) is 3.54. The highest BCUT2D eigenvalue weighted by Crippen LogP contribution is 2.32. The summed E-state index contributed by atoms with van der Waals surface area (Å²) in [6.07, 6.45) is 4.31. The first-order valence-electron chi connectivity index (χ1n) is 9.73. The number of hydrogen-bond acceptors (Lipinski definition) is 8. The Morgan fingerprint density at radius 3 is 2.67 bits per heavy atom. The van der Waals surface area contributed by atoms with Gasteiger partial charge in [0.2, 0.25) is 17.7 Å². The molecule has 0 bridgehead atoms. The number of halogens is 1. The molecule has 3 N–H and O–H groups in total. The Morgan fingerprint density at radius 1 is 1.27 bits per heavy atom. The van der Waals surface area contributed by atoms with Crippen molar-refractivity contribution in [3.05, 3.63) is 39.5 Å². The molecule has 1 saturated carbocycles. The van der Waals surface area contributed by atoms with Gasteiger partial charge >= 0.3 is 5.69 Å². The summed E-state index contributed by atoms with van der Waals surface area (Å²) in [6.45, 7) is 1.08. The summed E-state index contributed by atoms with van der Waals surface area (Å²) in [5, 5.41) is 27.3. The Balaban J connectivity index is 1.39. The number of benzene rings is 1. The van der Waals surface area contributed by atoms with Gasteiger partial charge in [0.15, 0.2) is 0 Å². The van der Waals surface area contributed by atoms with Crippen molar-refractivity contribution in [2.75, 3.05) is 28.6 Å². The minimum absolute atomic E-state index is 0.0415. The molecule has 1 aliphatic heterocycles. The zero-order valence-electron chi connectivity index (χ0n) is 16.0. The lowest BCUT2D eigenvalue weighted by Crippen LogP contribution is -2.39. The normalized spacial score (nSPS) is 16.9. The van der Waals surface area contributed by atoms with Crippen LogP contribution in [0.2, 0.25) is 5.02 Å². The van der Waals surface area contributed by atoms with Gasteiger partial charge in [0.25, 0.3) is 0 Å². The van der Waals surface area contributed by atoms with Crippen molar-refractivity contribution < 1.29 is 14.8 Å². The summed E-state index contributed by atoms with van der Waals surface area (Å²) in [6, 6.07) is 4.70. The molecule has 1 aromatic carbocycles. The Kier molecular flexibility index (Phi) is 5.58. The molecule has 0 spiro atoms. The molecule has 1 aromatic heterocycles. The third-order valence-electron chi connectivity index (χ3n) is 5.24. The molecule has 0 atom stereocenters. The highest BCUT2D eigenvalue weighted by molar-refractivity contribution is 6.31. The average molecular weight is 433 g/mol. The van der Waals surface area contributed by atoms with E-state index in [4.69, 9.17) is 11.6 Å². The Labute approximate surface area is 177 Å². The topological polar surface area (TPSA) is 134 Å². The molecular formula is C19H21ClN6O4. The lowest BCUT2D eigenvalue weighted by atomic mass is 9.96. The maximum absolute atomic E-state index is 12.6. The third-order valence-corrected chi connectivity index (χ3v) is 5.47. The summed E-state index contributed by atoms with van der Waals surface area (Å²) >= 11 is 5.92. The number of aromatic hydroxyl groups is 1. The smallest absolute Gasteiger partial charge is 0.329 e. The maximum Gasteiger partial charge on any atom is 0.329 e. The number of phenolic OH excluding ortho intramolecular Hbond substituents is 1. The van der Waals surface area contributed by atoms with Crippen LogP contribution in [-0.2, 0) is 4.79 Å². The third kappa shape index (κ3) is 4.54. The van der Waals surface area contributed by atoms with Crippen LogP contribution in [0.4, 0.5) is 23.1 Å². The van der Waals surface area contributed by atoms with Gasteiger partial charge in [-0.1, -0.05) is 11.6 Å². The van der Waals surface area contributed by atoms with Crippen LogP contribution in [0.1, 0.15) is 25.7 Å². The van der Waals surface area contributed by atoms with Gasteiger partial charge in [0.1, 0.15) is 11.9 Å². The molecule has 1 saturated heterocycles. The van der Waals surface area contributed by atoms with E-state index in [1.54, 1.807) is 6.07 Å². The van der Waals surface area contributed by atoms with Crippen molar-refractivity contribution >= 4 is 40.6 Å². The first-order chi connectivity index (χ1) is 14.4. The number of hydrogen-bond donors (Lipinski definition) is 3. The first-order valence-corrected chi connectivity index (χ1v) is 10.1. The summed E-state index contributed by atoms with van der Waals surface area (Å²) in [5.74, 6) is 0.189. The number of anilines is 3. The summed E-state index contributed by atoms with van der Waals surface area (Å²) in [7, 11) is 0. The molecule has 4 rings (SSSR count). The number of nitrogens with zero attached hydrogens (tertiary/aromatic N) is 4. The second-order valence-electron chi connectivity index (χ2n) is 7.49. The molecule has 158 valence electrons. The first kappa shape index (κ1) is 20.1. The van der Waals surface area contributed by atoms with Crippen LogP contribution >= 0.6 is 11.6 Å². The molecule has 2 aromatic rings. The van der Waals surface area contributed by atoms with E-state index < -0.39 is 4.92 Å². The van der Waals surface area contributed by atoms with Gasteiger partial charge in [-0.25, -0.2) is 4.98 Å². The van der Waals surface area contributed by atoms with E-state index in [2.05, 4.69) is 20.6 Å². The van der Waals surface area contributed by atoms with E-state index >= 15 is 0 Å². The summed E-state index contributed by atoms with van der Waals surface area (Å²) in [5.41, 5.74) is 0.144. The number of nitro groups is 1. The van der Waals surface area contributed by atoms with Crippen molar-refractivity contribution in [3.63, 3.8) is 0 Å². The second-order valence-corrected chi connectivity index (χ2v) is 7.93. The number of rotatable bonds is 6. The number of carbonyl (C=O) groups excluding carboxylic acids is 1. The minimum Gasteiger partial charge on any atom is -0.506 e. The molecular weight excluding hydrogens is 412 g/mol. The Bertz CT molecular complexity index is 975. The van der Waals surface area contributed by atoms with Gasteiger partial charge in [-0.3, -0.25) is 14.9 Å². The SMILES string of the molecule is O=C(Nc1cc(Cl)ccc1O)C1CCN(c2ncc([N+](=O)[O-])c(NC3CC3)n2)CC1. The second kappa shape index (κ2) is 8.31. The standard InChI is InChI=1S/C19H21ClN6O4/c20-12-1-4-16(27)14(9-12)23-18(28)11-5-7-25(8-6-11)19-21-10-15(26(29)30)17(24-19)22-13-2-3-13/h1,4,9-11,13,27H,2-3,5-8H2,(H,23,28)(H,21,22,24). The van der Waals surface area contributed by atoms with E-state index in [1.807, 2.05) is 4.90 Å². The molecule has 0 unspecified atom stereocenters. The molecule has 0 radical (unpaired) electrons. The molecule has 30 heavy (non-hydrogen) atoms. The van der Waals surface area contributed by atoms with E-state index in [0.29, 0.717) is 36.9 Å². The van der Waals surface area contributed by atoms with E-state index in [9.17, 15) is 20.0 Å². The van der Waals surface area contributed by atoms with Crippen molar-refractivity contribution in [2.45, 2.75) is 31.7 Å². The summed E-state index contributed by atoms with van der Waals surface area (Å²) < 4.78 is 0. The van der Waals surface area contributed by atoms with E-state index in [-0.39, 0.29) is 40.8 Å². The number of piperidine rings is 1. The molecule has 11 heteroatoms. The highest BCUT2D eigenvalue weighted by Gasteiger charge is 2.30. The fraction of sp³-hybridized carbons (Fsp3) is 0.421. The zero-order valence-corrected chi connectivity index (χ0v) is 16.8. The molecule has 1 amide bonds. The quantitative estimate of drug-likeness (QED) is 0.360. The Hall–Kier alpha value is -3.14. The highest BCUT2D eigenvalue weighted by atomic mass is 35.5. The predicted molar refractivity (Wildman–Crippen MR) is 112 cm³/mol. The number of nitrogens with one attached hydrogen (secondary N) is 2. The van der Waals surface area contributed by atoms with Crippen LogP contribution in [0.5, 0.6) is 5.75 Å². The number of phenols is 1. The predicted octanol–water partition coefficient (Wildman–Crippen LogP) is 3.17. The lowest BCUT2D eigenvalue weighted by Gasteiger charge is -2.31. The van der Waals surface area contributed by atoms with Crippen LogP contribution in [0.15, 0.2) is 24.4 Å². The van der Waals surface area contributed by atoms with Gasteiger partial charge in [0.05, 0.1) is 10.6 Å². The van der Waals surface area contributed by atoms with Gasteiger partial charge in [-0.15, -0.1) is 0 Å². The van der Waals surface area contributed by atoms with Gasteiger partial charge in [-0.2, -0.15) is 4.98 Å². The summed E-state index contributed by atoms with van der Waals surface area (Å²) in [4.78, 5) is 33.8. The van der Waals surface area contributed by atoms with Gasteiger partial charge in [0, 0.05) is 30.1 Å². The minimum atomic E-state index is -0.490. The Morgan fingerprint density at radius 2 is 2.00 bits per heavy atom. The van der Waals surface area contributed by atoms with Crippen LogP contribution in [0.3, 0.4) is 0 Å². The molecule has 2 heterocycles. The van der Waals surface area contributed by atoms with Crippen LogP contribution < -0.4 is 15.5 Å². The lowest BCUT2D eigenvalue weighted by molar-refractivity contribution is -0.384. The fourth-order valence-electron chi connectivity index (χ4n) is 3.36. The van der Waals surface area contributed by atoms with E-state index in [0.717, 1.165) is 12.8 Å².